The van der Waals surface area contributed by atoms with Gasteiger partial charge in [-0.25, -0.2) is 0 Å². The molecule has 0 saturated carbocycles. The number of aliphatic hydroxyl groups is 1. The summed E-state index contributed by atoms with van der Waals surface area (Å²) in [6.45, 7) is 1.67. The molecule has 3 rings (SSSR count). The van der Waals surface area contributed by atoms with Crippen LogP contribution in [0.4, 0.5) is 5.69 Å². The van der Waals surface area contributed by atoms with E-state index in [0.29, 0.717) is 17.9 Å². The third-order valence-electron chi connectivity index (χ3n) is 4.53. The molecular weight excluding hydrogens is 266 g/mol. The first-order valence-corrected chi connectivity index (χ1v) is 7.39. The summed E-state index contributed by atoms with van der Waals surface area (Å²) in [5.74, 6) is 0.621. The van der Waals surface area contributed by atoms with Crippen molar-refractivity contribution in [1.82, 2.24) is 5.32 Å². The lowest BCUT2D eigenvalue weighted by Gasteiger charge is -2.42. The van der Waals surface area contributed by atoms with Crippen LogP contribution < -0.4 is 10.2 Å². The number of hydrogen-bond donors (Lipinski definition) is 2. The monoisotopic (exact) mass is 285 g/mol. The fourth-order valence-electron chi connectivity index (χ4n) is 3.38. The van der Waals surface area contributed by atoms with Crippen LogP contribution in [-0.2, 0) is 11.4 Å². The topological polar surface area (TPSA) is 76.4 Å². The predicted molar refractivity (Wildman–Crippen MR) is 78.6 cm³/mol. The molecule has 0 bridgehead atoms. The van der Waals surface area contributed by atoms with E-state index in [1.165, 1.54) is 0 Å². The number of nitrogens with zero attached hydrogens (tertiary/aromatic N) is 2. The minimum absolute atomic E-state index is 0.0499. The molecule has 0 aliphatic carbocycles. The number of fused-ring (bicyclic) bond motifs is 1. The van der Waals surface area contributed by atoms with Crippen molar-refractivity contribution in [2.24, 2.45) is 5.92 Å². The number of hydrogen-bond acceptors (Lipinski definition) is 4. The molecule has 21 heavy (non-hydrogen) atoms. The number of benzene rings is 1. The molecule has 1 aromatic rings. The first-order chi connectivity index (χ1) is 10.2. The van der Waals surface area contributed by atoms with Gasteiger partial charge in [0.05, 0.1) is 17.9 Å². The van der Waals surface area contributed by atoms with E-state index >= 15 is 0 Å². The molecule has 2 atom stereocenters. The Morgan fingerprint density at radius 2 is 2.29 bits per heavy atom. The van der Waals surface area contributed by atoms with Gasteiger partial charge >= 0.3 is 0 Å². The lowest BCUT2D eigenvalue weighted by atomic mass is 9.85. The van der Waals surface area contributed by atoms with Crippen LogP contribution in [0.25, 0.3) is 0 Å². The molecule has 2 unspecified atom stereocenters. The summed E-state index contributed by atoms with van der Waals surface area (Å²) in [5.41, 5.74) is 2.31. The minimum Gasteiger partial charge on any atom is -0.392 e. The van der Waals surface area contributed by atoms with E-state index in [-0.39, 0.29) is 18.6 Å². The minimum atomic E-state index is -0.0499. The maximum absolute atomic E-state index is 11.4. The van der Waals surface area contributed by atoms with Crippen molar-refractivity contribution < 1.29 is 9.90 Å². The van der Waals surface area contributed by atoms with Crippen LogP contribution in [-0.4, -0.2) is 30.1 Å². The molecule has 2 heterocycles. The fourth-order valence-corrected chi connectivity index (χ4v) is 3.38. The van der Waals surface area contributed by atoms with E-state index in [1.807, 2.05) is 12.1 Å². The molecule has 5 heteroatoms. The summed E-state index contributed by atoms with van der Waals surface area (Å²) in [4.78, 5) is 13.7. The summed E-state index contributed by atoms with van der Waals surface area (Å²) >= 11 is 0. The van der Waals surface area contributed by atoms with E-state index in [2.05, 4.69) is 16.3 Å². The third-order valence-corrected chi connectivity index (χ3v) is 4.53. The lowest BCUT2D eigenvalue weighted by molar-refractivity contribution is -0.124. The van der Waals surface area contributed by atoms with Gasteiger partial charge in [0.2, 0.25) is 5.91 Å². The third kappa shape index (κ3) is 2.72. The van der Waals surface area contributed by atoms with E-state index in [1.54, 1.807) is 6.07 Å². The Morgan fingerprint density at radius 1 is 1.43 bits per heavy atom. The van der Waals surface area contributed by atoms with Crippen molar-refractivity contribution in [2.75, 3.05) is 18.0 Å². The van der Waals surface area contributed by atoms with Gasteiger partial charge in [0.25, 0.3) is 0 Å². The average Bonchev–Trinajstić information content (AvgIpc) is 2.53. The SMILES string of the molecule is N#Cc1cc(CO)ccc1N1CCC2NC(=O)CCC2C1. The van der Waals surface area contributed by atoms with Gasteiger partial charge in [0.1, 0.15) is 6.07 Å². The van der Waals surface area contributed by atoms with Crippen molar-refractivity contribution in [3.63, 3.8) is 0 Å². The summed E-state index contributed by atoms with van der Waals surface area (Å²) in [7, 11) is 0. The number of piperidine rings is 2. The number of nitrogens with one attached hydrogen (secondary N) is 1. The number of carbonyl (C=O) groups excluding carboxylic acids is 1. The Labute approximate surface area is 124 Å². The second-order valence-electron chi connectivity index (χ2n) is 5.83. The van der Waals surface area contributed by atoms with Gasteiger partial charge in [-0.2, -0.15) is 5.26 Å². The number of nitriles is 1. The maximum Gasteiger partial charge on any atom is 0.220 e. The Hall–Kier alpha value is -2.06. The van der Waals surface area contributed by atoms with E-state index < -0.39 is 0 Å². The van der Waals surface area contributed by atoms with Gasteiger partial charge in [-0.05, 0) is 36.5 Å². The molecule has 2 aliphatic rings. The molecule has 2 aliphatic heterocycles. The maximum atomic E-state index is 11.4. The molecule has 2 N–H and O–H groups in total. The highest BCUT2D eigenvalue weighted by molar-refractivity contribution is 5.77. The second-order valence-corrected chi connectivity index (χ2v) is 5.83. The normalized spacial score (nSPS) is 25.0. The molecule has 0 radical (unpaired) electrons. The number of rotatable bonds is 2. The lowest BCUT2D eigenvalue weighted by Crippen LogP contribution is -2.54. The van der Waals surface area contributed by atoms with E-state index in [0.717, 1.165) is 37.2 Å². The van der Waals surface area contributed by atoms with Crippen molar-refractivity contribution in [2.45, 2.75) is 31.9 Å². The Morgan fingerprint density at radius 3 is 3.05 bits per heavy atom. The summed E-state index contributed by atoms with van der Waals surface area (Å²) in [6, 6.07) is 8.05. The largest absolute Gasteiger partial charge is 0.392 e. The first-order valence-electron chi connectivity index (χ1n) is 7.39. The van der Waals surface area contributed by atoms with Crippen molar-refractivity contribution in [3.05, 3.63) is 29.3 Å². The molecule has 1 amide bonds. The first kappa shape index (κ1) is 13.9. The number of amides is 1. The summed E-state index contributed by atoms with van der Waals surface area (Å²) in [6.07, 6.45) is 2.44. The highest BCUT2D eigenvalue weighted by Crippen LogP contribution is 2.30. The molecule has 0 spiro atoms. The van der Waals surface area contributed by atoms with Crippen LogP contribution in [0, 0.1) is 17.2 Å². The van der Waals surface area contributed by atoms with Crippen LogP contribution in [0.1, 0.15) is 30.4 Å². The predicted octanol–water partition coefficient (Wildman–Crippen LogP) is 1.16. The number of aliphatic hydroxyl groups excluding tert-OH is 1. The Bertz CT molecular complexity index is 594. The van der Waals surface area contributed by atoms with E-state index in [4.69, 9.17) is 0 Å². The molecule has 5 nitrogen and oxygen atoms in total. The van der Waals surface area contributed by atoms with Crippen molar-refractivity contribution >= 4 is 11.6 Å². The zero-order valence-corrected chi connectivity index (χ0v) is 11.9. The smallest absolute Gasteiger partial charge is 0.220 e. The zero-order valence-electron chi connectivity index (χ0n) is 11.9. The molecule has 2 saturated heterocycles. The molecule has 2 fully saturated rings. The molecule has 110 valence electrons. The second kappa shape index (κ2) is 5.74. The standard InChI is InChI=1S/C16H19N3O2/c17-8-13-7-11(10-20)1-3-15(13)19-6-5-14-12(9-19)2-4-16(21)18-14/h1,3,7,12,14,20H,2,4-6,9-10H2,(H,18,21). The molecule has 1 aromatic carbocycles. The summed E-state index contributed by atoms with van der Waals surface area (Å²) < 4.78 is 0. The highest BCUT2D eigenvalue weighted by Gasteiger charge is 2.34. The number of carbonyl (C=O) groups is 1. The van der Waals surface area contributed by atoms with Gasteiger partial charge in [-0.15, -0.1) is 0 Å². The van der Waals surface area contributed by atoms with Crippen molar-refractivity contribution in [3.8, 4) is 6.07 Å². The highest BCUT2D eigenvalue weighted by atomic mass is 16.3. The Balaban J connectivity index is 1.79. The van der Waals surface area contributed by atoms with E-state index in [9.17, 15) is 15.2 Å². The van der Waals surface area contributed by atoms with Gasteiger partial charge in [0, 0.05) is 25.6 Å². The van der Waals surface area contributed by atoms with Gasteiger partial charge in [0.15, 0.2) is 0 Å². The van der Waals surface area contributed by atoms with Crippen LogP contribution in [0.2, 0.25) is 0 Å². The van der Waals surface area contributed by atoms with Crippen LogP contribution in [0.3, 0.4) is 0 Å². The zero-order chi connectivity index (χ0) is 14.8. The number of anilines is 1. The fraction of sp³-hybridized carbons (Fsp3) is 0.500. The van der Waals surface area contributed by atoms with Crippen LogP contribution in [0.5, 0.6) is 0 Å². The quantitative estimate of drug-likeness (QED) is 0.855. The Kier molecular flexibility index (Phi) is 3.80. The van der Waals surface area contributed by atoms with Crippen LogP contribution >= 0.6 is 0 Å². The summed E-state index contributed by atoms with van der Waals surface area (Å²) in [5, 5.41) is 21.6. The van der Waals surface area contributed by atoms with Crippen molar-refractivity contribution in [1.29, 1.82) is 5.26 Å². The van der Waals surface area contributed by atoms with Gasteiger partial charge < -0.3 is 15.3 Å². The molecule has 0 aromatic heterocycles. The van der Waals surface area contributed by atoms with Gasteiger partial charge in [-0.1, -0.05) is 6.07 Å². The molecular formula is C16H19N3O2. The average molecular weight is 285 g/mol. The van der Waals surface area contributed by atoms with Gasteiger partial charge in [-0.3, -0.25) is 4.79 Å². The van der Waals surface area contributed by atoms with Crippen LogP contribution in [0.15, 0.2) is 18.2 Å².